The number of rotatable bonds is 7. The molecule has 0 aliphatic heterocycles. The number of hydrogen-bond donors (Lipinski definition) is 1. The zero-order chi connectivity index (χ0) is 15.1. The average Bonchev–Trinajstić information content (AvgIpc) is 2.95. The molecule has 2 rings (SSSR count). The third-order valence-corrected chi connectivity index (χ3v) is 5.45. The van der Waals surface area contributed by atoms with Gasteiger partial charge in [0.15, 0.2) is 0 Å². The van der Waals surface area contributed by atoms with E-state index in [4.69, 9.17) is 0 Å². The molecule has 1 unspecified atom stereocenters. The third kappa shape index (κ3) is 4.07. The normalized spacial score (nSPS) is 13.6. The van der Waals surface area contributed by atoms with E-state index in [1.807, 2.05) is 42.6 Å². The lowest BCUT2D eigenvalue weighted by molar-refractivity contribution is 0.474. The van der Waals surface area contributed by atoms with Crippen molar-refractivity contribution < 1.29 is 0 Å². The van der Waals surface area contributed by atoms with E-state index in [-0.39, 0.29) is 0 Å². The molecule has 0 aliphatic rings. The van der Waals surface area contributed by atoms with Crippen molar-refractivity contribution in [1.82, 2.24) is 10.3 Å². The Hall–Kier alpha value is -1.35. The predicted molar refractivity (Wildman–Crippen MR) is 89.6 cm³/mol. The first-order chi connectivity index (χ1) is 10.2. The molecule has 0 aliphatic carbocycles. The van der Waals surface area contributed by atoms with Gasteiger partial charge in [0.2, 0.25) is 0 Å². The molecule has 0 fully saturated rings. The fraction of sp³-hybridized carbons (Fsp3) is 0.375. The van der Waals surface area contributed by atoms with Crippen LogP contribution in [0.4, 0.5) is 0 Å². The maximum atomic E-state index is 9.80. The van der Waals surface area contributed by atoms with E-state index in [1.165, 1.54) is 0 Å². The van der Waals surface area contributed by atoms with Crippen molar-refractivity contribution in [2.45, 2.75) is 30.1 Å². The summed E-state index contributed by atoms with van der Waals surface area (Å²) in [6, 6.07) is 12.4. The Morgan fingerprint density at radius 3 is 2.71 bits per heavy atom. The topological polar surface area (TPSA) is 48.7 Å². The van der Waals surface area contributed by atoms with Gasteiger partial charge in [-0.05, 0) is 25.5 Å². The molecule has 21 heavy (non-hydrogen) atoms. The second-order valence-corrected chi connectivity index (χ2v) is 6.93. The first kappa shape index (κ1) is 16.0. The fourth-order valence-electron chi connectivity index (χ4n) is 2.00. The number of nitrogens with zero attached hydrogens (tertiary/aromatic N) is 2. The van der Waals surface area contributed by atoms with Crippen LogP contribution in [0.1, 0.15) is 24.6 Å². The summed E-state index contributed by atoms with van der Waals surface area (Å²) in [6.45, 7) is 4.92. The number of aromatic nitrogens is 1. The largest absolute Gasteiger partial charge is 0.295 e. The van der Waals surface area contributed by atoms with Crippen LogP contribution in [-0.2, 0) is 5.54 Å². The van der Waals surface area contributed by atoms with Gasteiger partial charge in [0, 0.05) is 16.8 Å². The quantitative estimate of drug-likeness (QED) is 0.785. The summed E-state index contributed by atoms with van der Waals surface area (Å²) in [5.41, 5.74) is 1.38. The molecule has 5 heteroatoms. The zero-order valence-corrected chi connectivity index (χ0v) is 13.9. The van der Waals surface area contributed by atoms with Crippen LogP contribution in [0, 0.1) is 18.3 Å². The van der Waals surface area contributed by atoms with E-state index >= 15 is 0 Å². The standard InChI is InChI=1S/C16H19N3S2/c1-3-9-18-16(11-17,14-7-5-4-6-8-14)12-21-15-19-13(2)10-20-15/h4-8,10,18H,3,9,12H2,1-2H3. The van der Waals surface area contributed by atoms with Crippen molar-refractivity contribution in [3.05, 3.63) is 47.0 Å². The number of benzene rings is 1. The lowest BCUT2D eigenvalue weighted by Crippen LogP contribution is -2.43. The van der Waals surface area contributed by atoms with Gasteiger partial charge in [0.1, 0.15) is 9.88 Å². The second-order valence-electron chi connectivity index (χ2n) is 4.85. The van der Waals surface area contributed by atoms with E-state index in [1.54, 1.807) is 23.1 Å². The lowest BCUT2D eigenvalue weighted by atomic mass is 9.93. The summed E-state index contributed by atoms with van der Waals surface area (Å²) < 4.78 is 1.02. The fourth-order valence-corrected chi connectivity index (χ4v) is 4.00. The Morgan fingerprint density at radius 2 is 2.14 bits per heavy atom. The van der Waals surface area contributed by atoms with Crippen LogP contribution in [0.2, 0.25) is 0 Å². The van der Waals surface area contributed by atoms with Crippen molar-refractivity contribution in [2.75, 3.05) is 12.3 Å². The lowest BCUT2D eigenvalue weighted by Gasteiger charge is -2.27. The number of nitrogens with one attached hydrogen (secondary N) is 1. The van der Waals surface area contributed by atoms with Gasteiger partial charge >= 0.3 is 0 Å². The Labute approximate surface area is 134 Å². The highest BCUT2D eigenvalue weighted by molar-refractivity contribution is 8.01. The van der Waals surface area contributed by atoms with E-state index in [9.17, 15) is 5.26 Å². The van der Waals surface area contributed by atoms with Crippen LogP contribution in [0.3, 0.4) is 0 Å². The molecule has 3 nitrogen and oxygen atoms in total. The van der Waals surface area contributed by atoms with Gasteiger partial charge in [-0.25, -0.2) is 4.98 Å². The number of aryl methyl sites for hydroxylation is 1. The highest BCUT2D eigenvalue weighted by Crippen LogP contribution is 2.31. The van der Waals surface area contributed by atoms with Gasteiger partial charge in [-0.15, -0.1) is 11.3 Å². The molecule has 110 valence electrons. The predicted octanol–water partition coefficient (Wildman–Crippen LogP) is 3.96. The summed E-state index contributed by atoms with van der Waals surface area (Å²) in [4.78, 5) is 4.47. The first-order valence-corrected chi connectivity index (χ1v) is 8.83. The van der Waals surface area contributed by atoms with Gasteiger partial charge in [-0.1, -0.05) is 49.0 Å². The molecule has 0 amide bonds. The van der Waals surface area contributed by atoms with E-state index in [2.05, 4.69) is 23.3 Å². The molecule has 0 saturated heterocycles. The summed E-state index contributed by atoms with van der Waals surface area (Å²) in [5.74, 6) is 0.653. The first-order valence-electron chi connectivity index (χ1n) is 6.97. The summed E-state index contributed by atoms with van der Waals surface area (Å²) in [7, 11) is 0. The molecule has 1 aromatic carbocycles. The van der Waals surface area contributed by atoms with Gasteiger partial charge < -0.3 is 0 Å². The summed E-state index contributed by atoms with van der Waals surface area (Å²) in [6.07, 6.45) is 0.997. The number of nitriles is 1. The molecular formula is C16H19N3S2. The average molecular weight is 317 g/mol. The molecule has 0 spiro atoms. The Kier molecular flexibility index (Phi) is 5.80. The van der Waals surface area contributed by atoms with Gasteiger partial charge in [0.25, 0.3) is 0 Å². The van der Waals surface area contributed by atoms with Crippen LogP contribution in [0.5, 0.6) is 0 Å². The van der Waals surface area contributed by atoms with Crippen molar-refractivity contribution in [2.24, 2.45) is 0 Å². The molecule has 0 bridgehead atoms. The number of thioether (sulfide) groups is 1. The highest BCUT2D eigenvalue weighted by Gasteiger charge is 2.32. The Morgan fingerprint density at radius 1 is 1.38 bits per heavy atom. The van der Waals surface area contributed by atoms with Gasteiger partial charge in [-0.3, -0.25) is 5.32 Å². The van der Waals surface area contributed by atoms with Crippen LogP contribution < -0.4 is 5.32 Å². The minimum atomic E-state index is -0.665. The minimum absolute atomic E-state index is 0.653. The van der Waals surface area contributed by atoms with Crippen LogP contribution in [0.15, 0.2) is 40.1 Å². The van der Waals surface area contributed by atoms with Crippen LogP contribution in [0.25, 0.3) is 0 Å². The number of thiazole rings is 1. The van der Waals surface area contributed by atoms with Crippen LogP contribution >= 0.6 is 23.1 Å². The monoisotopic (exact) mass is 317 g/mol. The molecule has 0 radical (unpaired) electrons. The molecular weight excluding hydrogens is 298 g/mol. The van der Waals surface area contributed by atoms with Crippen molar-refractivity contribution >= 4 is 23.1 Å². The van der Waals surface area contributed by atoms with E-state index < -0.39 is 5.54 Å². The molecule has 0 saturated carbocycles. The SMILES string of the molecule is CCCNC(C#N)(CSc1nc(C)cs1)c1ccccc1. The van der Waals surface area contributed by atoms with Gasteiger partial charge in [0.05, 0.1) is 6.07 Å². The molecule has 1 heterocycles. The highest BCUT2D eigenvalue weighted by atomic mass is 32.2. The molecule has 1 aromatic heterocycles. The maximum Gasteiger partial charge on any atom is 0.150 e. The minimum Gasteiger partial charge on any atom is -0.295 e. The van der Waals surface area contributed by atoms with Gasteiger partial charge in [-0.2, -0.15) is 5.26 Å². The van der Waals surface area contributed by atoms with Crippen molar-refractivity contribution in [3.8, 4) is 6.07 Å². The summed E-state index contributed by atoms with van der Waals surface area (Å²) >= 11 is 3.27. The number of hydrogen-bond acceptors (Lipinski definition) is 5. The summed E-state index contributed by atoms with van der Waals surface area (Å²) in [5, 5.41) is 15.3. The smallest absolute Gasteiger partial charge is 0.150 e. The van der Waals surface area contributed by atoms with Crippen LogP contribution in [-0.4, -0.2) is 17.3 Å². The van der Waals surface area contributed by atoms with Crippen molar-refractivity contribution in [3.63, 3.8) is 0 Å². The maximum absolute atomic E-state index is 9.80. The third-order valence-electron chi connectivity index (χ3n) is 3.14. The molecule has 1 N–H and O–H groups in total. The zero-order valence-electron chi connectivity index (χ0n) is 12.3. The molecule has 2 aromatic rings. The Bertz CT molecular complexity index is 603. The van der Waals surface area contributed by atoms with Crippen molar-refractivity contribution in [1.29, 1.82) is 5.26 Å². The second kappa shape index (κ2) is 7.60. The molecule has 1 atom stereocenters. The van der Waals surface area contributed by atoms with E-state index in [0.717, 1.165) is 28.6 Å². The van der Waals surface area contributed by atoms with E-state index in [0.29, 0.717) is 5.75 Å². The Balaban J connectivity index is 2.20.